The van der Waals surface area contributed by atoms with Crippen LogP contribution in [0.4, 0.5) is 0 Å². The third kappa shape index (κ3) is 3.91. The molecular formula is C9H14PSe+. The van der Waals surface area contributed by atoms with Crippen molar-refractivity contribution >= 4 is 24.9 Å². The van der Waals surface area contributed by atoms with Crippen molar-refractivity contribution in [3.05, 3.63) is 30.3 Å². The van der Waals surface area contributed by atoms with E-state index in [2.05, 4.69) is 50.3 Å². The van der Waals surface area contributed by atoms with Gasteiger partial charge in [0.25, 0.3) is 0 Å². The summed E-state index contributed by atoms with van der Waals surface area (Å²) in [5, 5.41) is 0. The van der Waals surface area contributed by atoms with E-state index in [9.17, 15) is 0 Å². The Hall–Kier alpha value is 0.169. The minimum atomic E-state index is -0.575. The fourth-order valence-corrected chi connectivity index (χ4v) is 6.63. The van der Waals surface area contributed by atoms with Crippen LogP contribution in [0.3, 0.4) is 0 Å². The van der Waals surface area contributed by atoms with E-state index in [1.54, 1.807) is 4.46 Å². The van der Waals surface area contributed by atoms with Crippen molar-refractivity contribution in [2.75, 3.05) is 20.0 Å². The van der Waals surface area contributed by atoms with Gasteiger partial charge in [0.05, 0.1) is 0 Å². The van der Waals surface area contributed by atoms with Crippen LogP contribution in [0.1, 0.15) is 0 Å². The molecule has 0 unspecified atom stereocenters. The summed E-state index contributed by atoms with van der Waals surface area (Å²) in [4.78, 5) is 0. The molecule has 1 aromatic carbocycles. The van der Waals surface area contributed by atoms with Gasteiger partial charge in [-0.3, -0.25) is 0 Å². The molecule has 0 saturated heterocycles. The van der Waals surface area contributed by atoms with E-state index >= 15 is 0 Å². The second-order valence-electron chi connectivity index (χ2n) is 3.29. The van der Waals surface area contributed by atoms with Crippen molar-refractivity contribution in [2.45, 2.75) is 0 Å². The van der Waals surface area contributed by atoms with Crippen molar-refractivity contribution in [3.8, 4) is 0 Å². The number of hydrogen-bond acceptors (Lipinski definition) is 0. The minimum absolute atomic E-state index is 0.575. The fraction of sp³-hybridized carbons (Fsp3) is 0.333. The number of rotatable bonds is 2. The van der Waals surface area contributed by atoms with Crippen LogP contribution in [0.15, 0.2) is 30.3 Å². The summed E-state index contributed by atoms with van der Waals surface area (Å²) in [7, 11) is 0. The second kappa shape index (κ2) is 3.72. The van der Waals surface area contributed by atoms with Gasteiger partial charge in [-0.15, -0.1) is 0 Å². The molecule has 0 heterocycles. The molecule has 0 aliphatic rings. The molecule has 0 fully saturated rings. The Labute approximate surface area is 75.5 Å². The molecule has 0 aliphatic heterocycles. The van der Waals surface area contributed by atoms with E-state index in [0.29, 0.717) is 14.5 Å². The zero-order chi connectivity index (χ0) is 8.32. The summed E-state index contributed by atoms with van der Waals surface area (Å²) in [6, 6.07) is 10.8. The quantitative estimate of drug-likeness (QED) is 0.539. The second-order valence-corrected chi connectivity index (χ2v) is 16.3. The van der Waals surface area contributed by atoms with E-state index in [-0.39, 0.29) is 0 Å². The van der Waals surface area contributed by atoms with Gasteiger partial charge in [0.1, 0.15) is 0 Å². The Morgan fingerprint density at radius 3 is 2.00 bits per heavy atom. The van der Waals surface area contributed by atoms with Crippen molar-refractivity contribution in [1.82, 2.24) is 0 Å². The molecule has 1 aromatic rings. The maximum absolute atomic E-state index is 2.40. The first-order valence-electron chi connectivity index (χ1n) is 3.64. The summed E-state index contributed by atoms with van der Waals surface area (Å²) in [6.45, 7) is 7.21. The zero-order valence-electron chi connectivity index (χ0n) is 7.24. The first-order chi connectivity index (χ1) is 5.08. The van der Waals surface area contributed by atoms with Crippen LogP contribution in [0.25, 0.3) is 0 Å². The first kappa shape index (κ1) is 9.26. The fourth-order valence-electron chi connectivity index (χ4n) is 0.798. The van der Waals surface area contributed by atoms with E-state index in [1.165, 1.54) is 0 Å². The molecule has 0 spiro atoms. The number of benzene rings is 1. The summed E-state index contributed by atoms with van der Waals surface area (Å²) in [5.74, 6) is -0.575. The van der Waals surface area contributed by atoms with Gasteiger partial charge in [-0.05, 0) is 0 Å². The van der Waals surface area contributed by atoms with E-state index in [1.807, 2.05) is 0 Å². The third-order valence-electron chi connectivity index (χ3n) is 1.12. The topological polar surface area (TPSA) is 0 Å². The predicted molar refractivity (Wildman–Crippen MR) is 56.5 cm³/mol. The van der Waals surface area contributed by atoms with Gasteiger partial charge in [-0.1, -0.05) is 0 Å². The molecule has 0 saturated carbocycles. The molecule has 11 heavy (non-hydrogen) atoms. The molecule has 0 bridgehead atoms. The van der Waals surface area contributed by atoms with Crippen molar-refractivity contribution in [1.29, 1.82) is 0 Å². The summed E-state index contributed by atoms with van der Waals surface area (Å²) >= 11 is 0.717. The average molecular weight is 232 g/mol. The van der Waals surface area contributed by atoms with Crippen LogP contribution in [0.2, 0.25) is 0 Å². The van der Waals surface area contributed by atoms with Crippen LogP contribution in [0, 0.1) is 0 Å². The molecule has 60 valence electrons. The van der Waals surface area contributed by atoms with Crippen LogP contribution in [-0.2, 0) is 0 Å². The Morgan fingerprint density at radius 2 is 1.55 bits per heavy atom. The molecule has 0 amide bonds. The zero-order valence-corrected chi connectivity index (χ0v) is 9.85. The van der Waals surface area contributed by atoms with Gasteiger partial charge in [0.15, 0.2) is 0 Å². The Bertz CT molecular complexity index is 213. The summed E-state index contributed by atoms with van der Waals surface area (Å²) in [5.41, 5.74) is 0. The molecule has 0 aliphatic carbocycles. The van der Waals surface area contributed by atoms with Gasteiger partial charge >= 0.3 is 75.3 Å². The first-order valence-corrected chi connectivity index (χ1v) is 9.84. The number of hydrogen-bond donors (Lipinski definition) is 0. The van der Waals surface area contributed by atoms with E-state index < -0.39 is 5.95 Å². The third-order valence-corrected chi connectivity index (χ3v) is 7.23. The molecule has 0 N–H and O–H groups in total. The molecule has 0 radical (unpaired) electrons. The molecule has 1 rings (SSSR count). The standard InChI is InChI=1S/C9H14PSe/c1-10(2,3)11-9-7-5-4-6-8-9/h4-8H,1-3H3/q+1. The SMILES string of the molecule is C[P+](C)(C)[Se]c1ccccc1. The Morgan fingerprint density at radius 1 is 1.00 bits per heavy atom. The molecule has 2 heteroatoms. The summed E-state index contributed by atoms with van der Waals surface area (Å²) in [6.07, 6.45) is 0. The van der Waals surface area contributed by atoms with Gasteiger partial charge in [-0.25, -0.2) is 0 Å². The summed E-state index contributed by atoms with van der Waals surface area (Å²) < 4.78 is 1.54. The molecular weight excluding hydrogens is 218 g/mol. The van der Waals surface area contributed by atoms with E-state index in [4.69, 9.17) is 0 Å². The van der Waals surface area contributed by atoms with Crippen LogP contribution in [-0.4, -0.2) is 34.5 Å². The Balaban J connectivity index is 2.66. The Kier molecular flexibility index (Phi) is 3.13. The average Bonchev–Trinajstić information content (AvgIpc) is 1.85. The molecule has 0 aromatic heterocycles. The monoisotopic (exact) mass is 233 g/mol. The normalized spacial score (nSPS) is 11.5. The van der Waals surface area contributed by atoms with Crippen LogP contribution < -0.4 is 4.46 Å². The van der Waals surface area contributed by atoms with Gasteiger partial charge in [-0.2, -0.15) is 0 Å². The molecule has 0 nitrogen and oxygen atoms in total. The van der Waals surface area contributed by atoms with Crippen molar-refractivity contribution < 1.29 is 0 Å². The van der Waals surface area contributed by atoms with Gasteiger partial charge < -0.3 is 0 Å². The van der Waals surface area contributed by atoms with E-state index in [0.717, 1.165) is 0 Å². The predicted octanol–water partition coefficient (Wildman–Crippen LogP) is 1.84. The van der Waals surface area contributed by atoms with Crippen molar-refractivity contribution in [2.24, 2.45) is 0 Å². The maximum atomic E-state index is 2.40. The van der Waals surface area contributed by atoms with Crippen LogP contribution >= 0.6 is 5.95 Å². The van der Waals surface area contributed by atoms with Crippen molar-refractivity contribution in [3.63, 3.8) is 0 Å². The van der Waals surface area contributed by atoms with Crippen LogP contribution in [0.5, 0.6) is 0 Å². The van der Waals surface area contributed by atoms with Gasteiger partial charge in [0.2, 0.25) is 0 Å². The molecule has 0 atom stereocenters. The van der Waals surface area contributed by atoms with Gasteiger partial charge in [0, 0.05) is 0 Å².